The summed E-state index contributed by atoms with van der Waals surface area (Å²) in [5, 5.41) is 22.5. The highest BCUT2D eigenvalue weighted by Crippen LogP contribution is 2.32. The van der Waals surface area contributed by atoms with Crippen LogP contribution in [0.25, 0.3) is 21.6 Å². The molecule has 1 saturated heterocycles. The molecule has 0 radical (unpaired) electrons. The third-order valence-corrected chi connectivity index (χ3v) is 3.42. The van der Waals surface area contributed by atoms with Crippen molar-refractivity contribution in [2.24, 2.45) is 5.28 Å². The molecule has 1 aliphatic heterocycles. The molecule has 0 saturated carbocycles. The van der Waals surface area contributed by atoms with Crippen LogP contribution in [0.2, 0.25) is 0 Å². The van der Waals surface area contributed by atoms with Crippen molar-refractivity contribution in [1.29, 1.82) is 0 Å². The molecule has 5 N–H and O–H groups in total. The maximum Gasteiger partial charge on any atom is 0.280 e. The quantitative estimate of drug-likeness (QED) is 0.227. The summed E-state index contributed by atoms with van der Waals surface area (Å²) in [6, 6.07) is 0. The van der Waals surface area contributed by atoms with Gasteiger partial charge in [0.2, 0.25) is 5.95 Å². The molecule has 0 aliphatic carbocycles. The Hall–Kier alpha value is -2.86. The molecule has 2 aromatic heterocycles. The van der Waals surface area contributed by atoms with Gasteiger partial charge >= 0.3 is 0 Å². The van der Waals surface area contributed by atoms with Crippen LogP contribution in [0.15, 0.2) is 16.4 Å². The first-order chi connectivity index (χ1) is 11.1. The van der Waals surface area contributed by atoms with Crippen molar-refractivity contribution < 1.29 is 19.8 Å². The molecular weight excluding hydrogens is 312 g/mol. The number of hydrogen-bond donors (Lipinski definition) is 4. The number of anilines is 1. The summed E-state index contributed by atoms with van der Waals surface area (Å²) < 4.78 is 6.77. The number of aromatic amines is 1. The molecule has 2 unspecified atom stereocenters. The van der Waals surface area contributed by atoms with E-state index in [0.29, 0.717) is 0 Å². The van der Waals surface area contributed by atoms with E-state index in [9.17, 15) is 15.0 Å². The number of rotatable bonds is 4. The molecule has 0 spiro atoms. The lowest BCUT2D eigenvalue weighted by atomic mass is 10.1. The number of imidazole rings is 1. The molecule has 1 fully saturated rings. The largest absolute Gasteiger partial charge is 0.424 e. The Morgan fingerprint density at radius 1 is 1.65 bits per heavy atom. The lowest BCUT2D eigenvalue weighted by Crippen LogP contribution is -2.34. The Morgan fingerprint density at radius 2 is 2.43 bits per heavy atom. The van der Waals surface area contributed by atoms with Crippen molar-refractivity contribution >= 4 is 17.1 Å². The summed E-state index contributed by atoms with van der Waals surface area (Å²) in [6.07, 6.45) is -3.18. The highest BCUT2D eigenvalue weighted by Gasteiger charge is 2.46. The van der Waals surface area contributed by atoms with E-state index in [0.717, 1.165) is 0 Å². The van der Waals surface area contributed by atoms with E-state index in [2.05, 4.69) is 25.1 Å². The molecule has 13 nitrogen and oxygen atoms in total. The van der Waals surface area contributed by atoms with Crippen LogP contribution in [0.4, 0.5) is 5.95 Å². The minimum absolute atomic E-state index is 0.00922. The van der Waals surface area contributed by atoms with Crippen molar-refractivity contribution in [1.82, 2.24) is 19.5 Å². The SMILES string of the molecule is [N-]=[N+]=NOC1C(O)[C@H](n2cnc3c(=O)[nH]c(N)nc32)O[C@@H]1CO. The van der Waals surface area contributed by atoms with E-state index in [-0.39, 0.29) is 17.1 Å². The Bertz CT molecular complexity index is 826. The molecule has 1 aliphatic rings. The Balaban J connectivity index is 2.02. The van der Waals surface area contributed by atoms with Gasteiger partial charge in [0.05, 0.1) is 12.9 Å². The van der Waals surface area contributed by atoms with Gasteiger partial charge < -0.3 is 25.5 Å². The van der Waals surface area contributed by atoms with E-state index in [1.807, 2.05) is 0 Å². The molecule has 122 valence electrons. The number of aromatic nitrogens is 4. The lowest BCUT2D eigenvalue weighted by Gasteiger charge is -2.17. The fourth-order valence-electron chi connectivity index (χ4n) is 2.43. The number of ether oxygens (including phenoxy) is 1. The van der Waals surface area contributed by atoms with Crippen molar-refractivity contribution in [2.45, 2.75) is 24.5 Å². The smallest absolute Gasteiger partial charge is 0.280 e. The summed E-state index contributed by atoms with van der Waals surface area (Å²) in [5.41, 5.74) is 13.4. The number of hydrogen-bond acceptors (Lipinski definition) is 9. The second-order valence-electron chi connectivity index (χ2n) is 4.75. The first kappa shape index (κ1) is 15.1. The lowest BCUT2D eigenvalue weighted by molar-refractivity contribution is -0.0609. The zero-order valence-corrected chi connectivity index (χ0v) is 11.5. The van der Waals surface area contributed by atoms with Gasteiger partial charge in [-0.1, -0.05) is 0 Å². The average Bonchev–Trinajstić information content (AvgIpc) is 3.06. The molecule has 3 rings (SSSR count). The van der Waals surface area contributed by atoms with E-state index in [1.54, 1.807) is 0 Å². The van der Waals surface area contributed by atoms with Crippen molar-refractivity contribution in [3.8, 4) is 0 Å². The number of azide groups is 1. The van der Waals surface area contributed by atoms with Gasteiger partial charge in [0.25, 0.3) is 5.56 Å². The summed E-state index contributed by atoms with van der Waals surface area (Å²) >= 11 is 0. The van der Waals surface area contributed by atoms with Gasteiger partial charge in [0, 0.05) is 4.91 Å². The normalized spacial score (nSPS) is 27.0. The number of aliphatic hydroxyl groups is 2. The van der Waals surface area contributed by atoms with Crippen molar-refractivity contribution in [3.63, 3.8) is 0 Å². The number of H-pyrrole nitrogens is 1. The van der Waals surface area contributed by atoms with Crippen molar-refractivity contribution in [2.75, 3.05) is 12.3 Å². The number of nitrogen functional groups attached to an aromatic ring is 1. The number of nitrogens with two attached hydrogens (primary N) is 1. The fraction of sp³-hybridized carbons (Fsp3) is 0.500. The van der Waals surface area contributed by atoms with Gasteiger partial charge in [-0.3, -0.25) is 14.3 Å². The first-order valence-electron chi connectivity index (χ1n) is 6.43. The van der Waals surface area contributed by atoms with Gasteiger partial charge in [0.1, 0.15) is 17.5 Å². The minimum atomic E-state index is -1.31. The van der Waals surface area contributed by atoms with Crippen LogP contribution in [0.5, 0.6) is 0 Å². The first-order valence-corrected chi connectivity index (χ1v) is 6.43. The van der Waals surface area contributed by atoms with Crippen LogP contribution in [0.3, 0.4) is 0 Å². The third-order valence-electron chi connectivity index (χ3n) is 3.42. The summed E-state index contributed by atoms with van der Waals surface area (Å²) in [5.74, 6) is -0.127. The van der Waals surface area contributed by atoms with Gasteiger partial charge in [-0.15, -0.1) is 0 Å². The predicted octanol–water partition coefficient (Wildman–Crippen LogP) is -1.44. The number of fused-ring (bicyclic) bond motifs is 1. The summed E-state index contributed by atoms with van der Waals surface area (Å²) in [7, 11) is 0. The zero-order chi connectivity index (χ0) is 16.6. The number of nitrogens with zero attached hydrogens (tertiary/aromatic N) is 6. The van der Waals surface area contributed by atoms with E-state index < -0.39 is 36.7 Å². The predicted molar refractivity (Wildman–Crippen MR) is 73.6 cm³/mol. The van der Waals surface area contributed by atoms with Gasteiger partial charge in [-0.25, -0.2) is 4.98 Å². The summed E-state index contributed by atoms with van der Waals surface area (Å²) in [6.45, 7) is -0.484. The second-order valence-corrected chi connectivity index (χ2v) is 4.75. The number of nitrogens with one attached hydrogen (secondary N) is 1. The van der Waals surface area contributed by atoms with Crippen molar-refractivity contribution in [3.05, 3.63) is 27.1 Å². The molecule has 0 amide bonds. The monoisotopic (exact) mass is 324 g/mol. The topological polar surface area (TPSA) is 197 Å². The van der Waals surface area contributed by atoms with Gasteiger partial charge in [0.15, 0.2) is 23.5 Å². The highest BCUT2D eigenvalue weighted by atomic mass is 16.7. The maximum atomic E-state index is 11.8. The van der Waals surface area contributed by atoms with E-state index >= 15 is 0 Å². The summed E-state index contributed by atoms with van der Waals surface area (Å²) in [4.78, 5) is 29.1. The molecule has 2 aromatic rings. The van der Waals surface area contributed by atoms with E-state index in [4.69, 9.17) is 20.8 Å². The Labute approximate surface area is 126 Å². The van der Waals surface area contributed by atoms with E-state index in [1.165, 1.54) is 10.9 Å². The van der Waals surface area contributed by atoms with Crippen LogP contribution in [-0.2, 0) is 9.57 Å². The second kappa shape index (κ2) is 5.73. The zero-order valence-electron chi connectivity index (χ0n) is 11.5. The minimum Gasteiger partial charge on any atom is -0.424 e. The van der Waals surface area contributed by atoms with Crippen LogP contribution >= 0.6 is 0 Å². The molecular formula is C10H12N8O5. The molecule has 13 heteroatoms. The standard InChI is InChI=1S/C10H12N8O5/c11-10-14-7-4(8(21)15-10)13-2-18(7)9-5(20)6(23-17-16-12)3(1-19)22-9/h2-3,5-6,9,19-20H,1H2,(H3,11,14,15,21)/t3-,5?,6?,9-/m1/s1. The molecule has 23 heavy (non-hydrogen) atoms. The van der Waals surface area contributed by atoms with Gasteiger partial charge in [-0.2, -0.15) is 4.98 Å². The Morgan fingerprint density at radius 3 is 3.13 bits per heavy atom. The van der Waals surface area contributed by atoms with Crippen LogP contribution in [0, 0.1) is 0 Å². The van der Waals surface area contributed by atoms with Gasteiger partial charge in [-0.05, 0) is 5.53 Å². The maximum absolute atomic E-state index is 11.8. The van der Waals surface area contributed by atoms with Crippen LogP contribution < -0.4 is 11.3 Å². The molecule has 3 heterocycles. The molecule has 0 bridgehead atoms. The number of aliphatic hydroxyl groups excluding tert-OH is 2. The average molecular weight is 324 g/mol. The highest BCUT2D eigenvalue weighted by molar-refractivity contribution is 5.70. The van der Waals surface area contributed by atoms with Crippen LogP contribution in [0.1, 0.15) is 6.23 Å². The Kier molecular flexibility index (Phi) is 3.75. The molecule has 0 aromatic carbocycles. The third kappa shape index (κ3) is 2.43. The fourth-order valence-corrected chi connectivity index (χ4v) is 2.43. The molecule has 4 atom stereocenters. The van der Waals surface area contributed by atoms with Crippen LogP contribution in [-0.4, -0.2) is 54.7 Å².